The first kappa shape index (κ1) is 14.3. The second kappa shape index (κ2) is 6.28. The van der Waals surface area contributed by atoms with E-state index >= 15 is 0 Å². The number of benzene rings is 1. The number of carbonyl (C=O) groups is 1. The van der Waals surface area contributed by atoms with Crippen LogP contribution >= 0.6 is 0 Å². The van der Waals surface area contributed by atoms with Gasteiger partial charge < -0.3 is 10.6 Å². The van der Waals surface area contributed by atoms with Crippen molar-refractivity contribution in [2.45, 2.75) is 19.5 Å². The summed E-state index contributed by atoms with van der Waals surface area (Å²) in [6.45, 7) is 2.30. The molecule has 0 fully saturated rings. The first-order valence-corrected chi connectivity index (χ1v) is 5.61. The Morgan fingerprint density at radius 2 is 1.83 bits per heavy atom. The first-order valence-electron chi connectivity index (χ1n) is 5.61. The number of amides is 1. The highest BCUT2D eigenvalue weighted by Gasteiger charge is 2.26. The van der Waals surface area contributed by atoms with Crippen molar-refractivity contribution in [2.24, 2.45) is 0 Å². The van der Waals surface area contributed by atoms with Crippen molar-refractivity contribution in [3.05, 3.63) is 29.8 Å². The highest BCUT2D eigenvalue weighted by Crippen LogP contribution is 2.18. The minimum atomic E-state index is -4.25. The number of halogens is 3. The zero-order chi connectivity index (χ0) is 13.6. The summed E-state index contributed by atoms with van der Waals surface area (Å²) in [5.74, 6) is -0.498. The van der Waals surface area contributed by atoms with Crippen LogP contribution in [0.1, 0.15) is 23.7 Å². The van der Waals surface area contributed by atoms with Gasteiger partial charge in [-0.05, 0) is 31.2 Å². The van der Waals surface area contributed by atoms with Gasteiger partial charge >= 0.3 is 6.18 Å². The molecule has 0 bridgehead atoms. The maximum absolute atomic E-state index is 11.9. The fraction of sp³-hybridized carbons (Fsp3) is 0.417. The second-order valence-corrected chi connectivity index (χ2v) is 3.73. The molecule has 1 amide bonds. The van der Waals surface area contributed by atoms with Crippen LogP contribution < -0.4 is 10.6 Å². The maximum Gasteiger partial charge on any atom is 0.390 e. The van der Waals surface area contributed by atoms with Gasteiger partial charge in [-0.2, -0.15) is 13.2 Å². The van der Waals surface area contributed by atoms with Crippen LogP contribution in [0.15, 0.2) is 24.3 Å². The van der Waals surface area contributed by atoms with Crippen molar-refractivity contribution in [3.63, 3.8) is 0 Å². The van der Waals surface area contributed by atoms with Crippen molar-refractivity contribution < 1.29 is 18.0 Å². The highest BCUT2D eigenvalue weighted by atomic mass is 19.4. The van der Waals surface area contributed by atoms with Gasteiger partial charge in [0.05, 0.1) is 6.42 Å². The van der Waals surface area contributed by atoms with Gasteiger partial charge in [0.1, 0.15) is 0 Å². The van der Waals surface area contributed by atoms with Crippen LogP contribution in [-0.2, 0) is 0 Å². The van der Waals surface area contributed by atoms with Crippen LogP contribution in [0.3, 0.4) is 0 Å². The van der Waals surface area contributed by atoms with Crippen LogP contribution in [0.5, 0.6) is 0 Å². The molecule has 1 aromatic rings. The summed E-state index contributed by atoms with van der Waals surface area (Å²) in [5, 5.41) is 5.28. The summed E-state index contributed by atoms with van der Waals surface area (Å²) in [4.78, 5) is 11.5. The minimum absolute atomic E-state index is 0.346. The van der Waals surface area contributed by atoms with Crippen LogP contribution in [0.25, 0.3) is 0 Å². The van der Waals surface area contributed by atoms with Gasteiger partial charge in [0.15, 0.2) is 0 Å². The third kappa shape index (κ3) is 5.07. The van der Waals surface area contributed by atoms with E-state index in [1.165, 1.54) is 0 Å². The molecule has 0 aromatic heterocycles. The van der Waals surface area contributed by atoms with Gasteiger partial charge in [0, 0.05) is 24.3 Å². The fourth-order valence-electron chi connectivity index (χ4n) is 1.36. The summed E-state index contributed by atoms with van der Waals surface area (Å²) in [6, 6.07) is 6.56. The molecule has 2 N–H and O–H groups in total. The molecule has 6 heteroatoms. The predicted molar refractivity (Wildman–Crippen MR) is 63.6 cm³/mol. The van der Waals surface area contributed by atoms with E-state index in [1.54, 1.807) is 24.3 Å². The zero-order valence-electron chi connectivity index (χ0n) is 9.97. The first-order chi connectivity index (χ1) is 8.42. The summed E-state index contributed by atoms with van der Waals surface area (Å²) in [5.41, 5.74) is 1.21. The number of alkyl halides is 3. The van der Waals surface area contributed by atoms with E-state index in [0.717, 1.165) is 12.2 Å². The van der Waals surface area contributed by atoms with E-state index in [0.29, 0.717) is 5.56 Å². The molecule has 1 rings (SSSR count). The van der Waals surface area contributed by atoms with E-state index in [9.17, 15) is 18.0 Å². The number of rotatable bonds is 5. The van der Waals surface area contributed by atoms with E-state index < -0.39 is 25.0 Å². The largest absolute Gasteiger partial charge is 0.390 e. The molecule has 0 saturated carbocycles. The Kier molecular flexibility index (Phi) is 5.00. The van der Waals surface area contributed by atoms with Crippen molar-refractivity contribution in [3.8, 4) is 0 Å². The molecule has 0 radical (unpaired) electrons. The van der Waals surface area contributed by atoms with Crippen molar-refractivity contribution >= 4 is 11.6 Å². The number of hydrogen-bond donors (Lipinski definition) is 2. The molecular formula is C12H15F3N2O. The second-order valence-electron chi connectivity index (χ2n) is 3.73. The third-order valence-corrected chi connectivity index (χ3v) is 2.22. The van der Waals surface area contributed by atoms with Crippen molar-refractivity contribution in [1.29, 1.82) is 0 Å². The Balaban J connectivity index is 2.46. The number of anilines is 1. The minimum Gasteiger partial charge on any atom is -0.385 e. The normalized spacial score (nSPS) is 11.1. The third-order valence-electron chi connectivity index (χ3n) is 2.22. The Morgan fingerprint density at radius 1 is 1.22 bits per heavy atom. The lowest BCUT2D eigenvalue weighted by atomic mass is 10.2. The quantitative estimate of drug-likeness (QED) is 0.854. The molecule has 0 aliphatic heterocycles. The molecule has 3 nitrogen and oxygen atoms in total. The Morgan fingerprint density at radius 3 is 2.33 bits per heavy atom. The molecule has 0 saturated heterocycles. The molecule has 0 spiro atoms. The number of hydrogen-bond acceptors (Lipinski definition) is 2. The lowest BCUT2D eigenvalue weighted by molar-refractivity contribution is -0.132. The summed E-state index contributed by atoms with van der Waals surface area (Å²) in [6.07, 6.45) is -5.27. The molecule has 0 atom stereocenters. The molecule has 0 unspecified atom stereocenters. The van der Waals surface area contributed by atoms with Gasteiger partial charge in [0.25, 0.3) is 5.91 Å². The molecular weight excluding hydrogens is 245 g/mol. The molecule has 1 aromatic carbocycles. The topological polar surface area (TPSA) is 41.1 Å². The maximum atomic E-state index is 11.9. The van der Waals surface area contributed by atoms with Crippen LogP contribution in [0.2, 0.25) is 0 Å². The smallest absolute Gasteiger partial charge is 0.385 e. The van der Waals surface area contributed by atoms with Gasteiger partial charge in [0.2, 0.25) is 0 Å². The lowest BCUT2D eigenvalue weighted by Crippen LogP contribution is -2.27. The molecule has 0 heterocycles. The predicted octanol–water partition coefficient (Wildman–Crippen LogP) is 2.80. The number of nitrogens with one attached hydrogen (secondary N) is 2. The van der Waals surface area contributed by atoms with Gasteiger partial charge in [-0.3, -0.25) is 4.79 Å². The summed E-state index contributed by atoms with van der Waals surface area (Å²) >= 11 is 0. The summed E-state index contributed by atoms with van der Waals surface area (Å²) in [7, 11) is 0. The lowest BCUT2D eigenvalue weighted by Gasteiger charge is -2.08. The average molecular weight is 260 g/mol. The van der Waals surface area contributed by atoms with Crippen LogP contribution in [0, 0.1) is 0 Å². The Labute approximate surface area is 103 Å². The zero-order valence-corrected chi connectivity index (χ0v) is 9.97. The van der Waals surface area contributed by atoms with E-state index in [4.69, 9.17) is 0 Å². The average Bonchev–Trinajstić information content (AvgIpc) is 2.28. The standard InChI is InChI=1S/C12H15F3N2O/c1-2-16-10-5-3-9(4-6-10)11(18)17-8-7-12(13,14)15/h3-6,16H,2,7-8H2,1H3,(H,17,18). The highest BCUT2D eigenvalue weighted by molar-refractivity contribution is 5.94. The fourth-order valence-corrected chi connectivity index (χ4v) is 1.36. The molecule has 18 heavy (non-hydrogen) atoms. The summed E-state index contributed by atoms with van der Waals surface area (Å²) < 4.78 is 35.7. The molecule has 0 aliphatic rings. The molecule has 100 valence electrons. The van der Waals surface area contributed by atoms with E-state index in [2.05, 4.69) is 10.6 Å². The Bertz CT molecular complexity index is 387. The van der Waals surface area contributed by atoms with E-state index in [-0.39, 0.29) is 0 Å². The molecule has 0 aliphatic carbocycles. The van der Waals surface area contributed by atoms with Crippen molar-refractivity contribution in [1.82, 2.24) is 5.32 Å². The SMILES string of the molecule is CCNc1ccc(C(=O)NCCC(F)(F)F)cc1. The van der Waals surface area contributed by atoms with Crippen LogP contribution in [0.4, 0.5) is 18.9 Å². The van der Waals surface area contributed by atoms with Crippen molar-refractivity contribution in [2.75, 3.05) is 18.4 Å². The van der Waals surface area contributed by atoms with Crippen LogP contribution in [-0.4, -0.2) is 25.2 Å². The Hall–Kier alpha value is -1.72. The van der Waals surface area contributed by atoms with E-state index in [1.807, 2.05) is 6.92 Å². The van der Waals surface area contributed by atoms with Gasteiger partial charge in [-0.25, -0.2) is 0 Å². The van der Waals surface area contributed by atoms with Gasteiger partial charge in [-0.1, -0.05) is 0 Å². The van der Waals surface area contributed by atoms with Gasteiger partial charge in [-0.15, -0.1) is 0 Å². The monoisotopic (exact) mass is 260 g/mol. The number of carbonyl (C=O) groups excluding carboxylic acids is 1.